The number of amides is 1. The quantitative estimate of drug-likeness (QED) is 0.419. The summed E-state index contributed by atoms with van der Waals surface area (Å²) in [5.41, 5.74) is 1.29. The lowest BCUT2D eigenvalue weighted by molar-refractivity contribution is 0.0753. The van der Waals surface area contributed by atoms with Crippen LogP contribution >= 0.6 is 11.3 Å². The summed E-state index contributed by atoms with van der Waals surface area (Å²) in [6, 6.07) is 15.3. The van der Waals surface area contributed by atoms with Crippen LogP contribution in [0.5, 0.6) is 0 Å². The first-order valence-corrected chi connectivity index (χ1v) is 10.2. The van der Waals surface area contributed by atoms with Gasteiger partial charge in [0.2, 0.25) is 5.82 Å². The zero-order valence-corrected chi connectivity index (χ0v) is 17.0. The summed E-state index contributed by atoms with van der Waals surface area (Å²) in [5.74, 6) is 1.70. The lowest BCUT2D eigenvalue weighted by atomic mass is 10.2. The molecule has 0 radical (unpaired) electrons. The number of aromatic nitrogens is 3. The van der Waals surface area contributed by atoms with Crippen LogP contribution in [0.25, 0.3) is 16.4 Å². The zero-order chi connectivity index (χ0) is 21.8. The molecule has 0 unspecified atom stereocenters. The summed E-state index contributed by atoms with van der Waals surface area (Å²) in [6.45, 7) is 0.221. The van der Waals surface area contributed by atoms with Crippen molar-refractivity contribution in [1.29, 1.82) is 0 Å². The van der Waals surface area contributed by atoms with E-state index >= 15 is 0 Å². The van der Waals surface area contributed by atoms with Crippen LogP contribution in [0.3, 0.4) is 0 Å². The molecule has 4 aromatic rings. The van der Waals surface area contributed by atoms with Crippen LogP contribution in [0.2, 0.25) is 0 Å². The van der Waals surface area contributed by atoms with Gasteiger partial charge in [0.1, 0.15) is 11.6 Å². The van der Waals surface area contributed by atoms with Crippen LogP contribution in [-0.4, -0.2) is 32.1 Å². The predicted octanol–water partition coefficient (Wildman–Crippen LogP) is 4.55. The number of terminal acetylenes is 1. The smallest absolute Gasteiger partial charge is 0.294 e. The second kappa shape index (κ2) is 8.90. The van der Waals surface area contributed by atoms with E-state index in [2.05, 4.69) is 16.0 Å². The van der Waals surface area contributed by atoms with Gasteiger partial charge in [-0.2, -0.15) is 0 Å². The first-order chi connectivity index (χ1) is 15.0. The Bertz CT molecular complexity index is 1230. The van der Waals surface area contributed by atoms with Gasteiger partial charge in [0.15, 0.2) is 5.82 Å². The summed E-state index contributed by atoms with van der Waals surface area (Å²) >= 11 is 1.45. The Labute approximate surface area is 181 Å². The van der Waals surface area contributed by atoms with Crippen LogP contribution in [-0.2, 0) is 6.54 Å². The van der Waals surface area contributed by atoms with Gasteiger partial charge in [0.25, 0.3) is 5.91 Å². The van der Waals surface area contributed by atoms with Gasteiger partial charge in [0.05, 0.1) is 17.1 Å². The van der Waals surface area contributed by atoms with Crippen molar-refractivity contribution in [3.05, 3.63) is 89.1 Å². The molecule has 1 amide bonds. The maximum atomic E-state index is 13.4. The van der Waals surface area contributed by atoms with E-state index in [0.29, 0.717) is 11.5 Å². The maximum absolute atomic E-state index is 13.4. The fourth-order valence-electron chi connectivity index (χ4n) is 2.99. The number of thiophene rings is 1. The van der Waals surface area contributed by atoms with Gasteiger partial charge in [0, 0.05) is 6.54 Å². The molecule has 2 aromatic heterocycles. The molecule has 0 N–H and O–H groups in total. The highest BCUT2D eigenvalue weighted by Gasteiger charge is 2.24. The molecule has 0 aliphatic carbocycles. The largest absolute Gasteiger partial charge is 0.320 e. The molecule has 0 fully saturated rings. The third-order valence-corrected chi connectivity index (χ3v) is 5.33. The molecule has 0 saturated carbocycles. The molecule has 154 valence electrons. The van der Waals surface area contributed by atoms with Gasteiger partial charge in [-0.15, -0.1) is 22.9 Å². The number of benzene rings is 2. The predicted molar refractivity (Wildman–Crippen MR) is 115 cm³/mol. The third kappa shape index (κ3) is 4.52. The SMILES string of the molecule is C#CCN(Cc1ccc(F)cc1)C(=O)c1nc(-c2cccs2)n(-c2ccc(F)cc2)n1. The number of carbonyl (C=O) groups is 1. The fraction of sp³-hybridized carbons (Fsp3) is 0.0870. The fourth-order valence-corrected chi connectivity index (χ4v) is 3.69. The van der Waals surface area contributed by atoms with Crippen LogP contribution in [0, 0.1) is 24.0 Å². The van der Waals surface area contributed by atoms with Crippen molar-refractivity contribution in [1.82, 2.24) is 19.7 Å². The highest BCUT2D eigenvalue weighted by molar-refractivity contribution is 7.13. The molecule has 2 aromatic carbocycles. The summed E-state index contributed by atoms with van der Waals surface area (Å²) in [4.78, 5) is 19.9. The van der Waals surface area contributed by atoms with Gasteiger partial charge < -0.3 is 4.90 Å². The van der Waals surface area contributed by atoms with E-state index in [1.54, 1.807) is 24.3 Å². The van der Waals surface area contributed by atoms with E-state index in [9.17, 15) is 13.6 Å². The molecular formula is C23H16F2N4OS. The molecule has 2 heterocycles. The van der Waals surface area contributed by atoms with Crippen molar-refractivity contribution in [2.45, 2.75) is 6.54 Å². The van der Waals surface area contributed by atoms with Gasteiger partial charge in [-0.25, -0.2) is 18.4 Å². The third-order valence-electron chi connectivity index (χ3n) is 4.47. The van der Waals surface area contributed by atoms with Crippen molar-refractivity contribution in [3.63, 3.8) is 0 Å². The van der Waals surface area contributed by atoms with Gasteiger partial charge in [-0.1, -0.05) is 24.1 Å². The van der Waals surface area contributed by atoms with Crippen LogP contribution in [0.4, 0.5) is 8.78 Å². The normalized spacial score (nSPS) is 10.6. The van der Waals surface area contributed by atoms with E-state index in [0.717, 1.165) is 10.4 Å². The highest BCUT2D eigenvalue weighted by Crippen LogP contribution is 2.26. The minimum atomic E-state index is -0.457. The Morgan fingerprint density at radius 2 is 1.74 bits per heavy atom. The first-order valence-electron chi connectivity index (χ1n) is 9.29. The number of nitrogens with zero attached hydrogens (tertiary/aromatic N) is 4. The van der Waals surface area contributed by atoms with E-state index in [1.165, 1.54) is 45.2 Å². The van der Waals surface area contributed by atoms with Gasteiger partial charge in [-0.05, 0) is 53.4 Å². The van der Waals surface area contributed by atoms with E-state index in [1.807, 2.05) is 17.5 Å². The Morgan fingerprint density at radius 3 is 2.35 bits per heavy atom. The lowest BCUT2D eigenvalue weighted by Gasteiger charge is -2.18. The standard InChI is InChI=1S/C23H16F2N4OS/c1-2-13-28(15-16-5-7-17(24)8-6-16)23(30)21-26-22(20-4-3-14-31-20)29(27-21)19-11-9-18(25)10-12-19/h1,3-12,14H,13,15H2. The average molecular weight is 434 g/mol. The van der Waals surface area contributed by atoms with Gasteiger partial charge >= 0.3 is 0 Å². The number of halogens is 2. The van der Waals surface area contributed by atoms with Crippen molar-refractivity contribution in [3.8, 4) is 28.7 Å². The second-order valence-electron chi connectivity index (χ2n) is 6.62. The van der Waals surface area contributed by atoms with Crippen molar-refractivity contribution < 1.29 is 13.6 Å². The molecule has 0 atom stereocenters. The minimum Gasteiger partial charge on any atom is -0.320 e. The summed E-state index contributed by atoms with van der Waals surface area (Å²) < 4.78 is 28.1. The maximum Gasteiger partial charge on any atom is 0.294 e. The molecule has 4 rings (SSSR count). The molecule has 31 heavy (non-hydrogen) atoms. The molecule has 0 spiro atoms. The van der Waals surface area contributed by atoms with Crippen LogP contribution < -0.4 is 0 Å². The second-order valence-corrected chi connectivity index (χ2v) is 7.56. The molecule has 0 aliphatic heterocycles. The van der Waals surface area contributed by atoms with E-state index in [-0.39, 0.29) is 30.5 Å². The molecular weight excluding hydrogens is 418 g/mol. The number of hydrogen-bond donors (Lipinski definition) is 0. The minimum absolute atomic E-state index is 0.0370. The van der Waals surface area contributed by atoms with Crippen molar-refractivity contribution in [2.24, 2.45) is 0 Å². The van der Waals surface area contributed by atoms with E-state index < -0.39 is 5.91 Å². The van der Waals surface area contributed by atoms with Crippen LogP contribution in [0.1, 0.15) is 16.2 Å². The zero-order valence-electron chi connectivity index (χ0n) is 16.2. The van der Waals surface area contributed by atoms with Crippen molar-refractivity contribution in [2.75, 3.05) is 6.54 Å². The molecule has 0 saturated heterocycles. The molecule has 8 heteroatoms. The van der Waals surface area contributed by atoms with Crippen molar-refractivity contribution >= 4 is 17.2 Å². The average Bonchev–Trinajstić information content (AvgIpc) is 3.45. The topological polar surface area (TPSA) is 51.0 Å². The number of carbonyl (C=O) groups excluding carboxylic acids is 1. The number of rotatable bonds is 6. The number of hydrogen-bond acceptors (Lipinski definition) is 4. The summed E-state index contributed by atoms with van der Waals surface area (Å²) in [6.07, 6.45) is 5.46. The Balaban J connectivity index is 1.71. The Hall–Kier alpha value is -3.83. The van der Waals surface area contributed by atoms with Gasteiger partial charge in [-0.3, -0.25) is 4.79 Å². The Morgan fingerprint density at radius 1 is 1.06 bits per heavy atom. The molecule has 0 bridgehead atoms. The van der Waals surface area contributed by atoms with Crippen LogP contribution in [0.15, 0.2) is 66.0 Å². The summed E-state index contributed by atoms with van der Waals surface area (Å²) in [7, 11) is 0. The highest BCUT2D eigenvalue weighted by atomic mass is 32.1. The lowest BCUT2D eigenvalue weighted by Crippen LogP contribution is -2.31. The molecule has 5 nitrogen and oxygen atoms in total. The van der Waals surface area contributed by atoms with E-state index in [4.69, 9.17) is 6.42 Å². The molecule has 0 aliphatic rings. The monoisotopic (exact) mass is 434 g/mol. The first kappa shape index (κ1) is 20.4. The Kier molecular flexibility index (Phi) is 5.87. The summed E-state index contributed by atoms with van der Waals surface area (Å²) in [5, 5.41) is 6.28.